The van der Waals surface area contributed by atoms with Crippen LogP contribution in [0.4, 0.5) is 0 Å². The Morgan fingerprint density at radius 2 is 2.21 bits per heavy atom. The van der Waals surface area contributed by atoms with E-state index in [0.717, 1.165) is 19.6 Å². The molecule has 1 aliphatic rings. The molecule has 1 N–H and O–H groups in total. The van der Waals surface area contributed by atoms with Crippen molar-refractivity contribution in [3.8, 4) is 11.5 Å². The van der Waals surface area contributed by atoms with Gasteiger partial charge in [0, 0.05) is 25.7 Å². The molecule has 1 atom stereocenters. The summed E-state index contributed by atoms with van der Waals surface area (Å²) < 4.78 is 5.42. The van der Waals surface area contributed by atoms with Crippen LogP contribution in [0.15, 0.2) is 18.2 Å². The van der Waals surface area contributed by atoms with Crippen LogP contribution in [0, 0.1) is 0 Å². The van der Waals surface area contributed by atoms with Gasteiger partial charge in [0.1, 0.15) is 0 Å². The number of hydrogen-bond acceptors (Lipinski definition) is 4. The highest BCUT2D eigenvalue weighted by molar-refractivity contribution is 5.41. The number of aromatic hydroxyl groups is 1. The lowest BCUT2D eigenvalue weighted by atomic mass is 10.2. The molecule has 1 fully saturated rings. The molecular weight excluding hydrogens is 240 g/mol. The fourth-order valence-electron chi connectivity index (χ4n) is 2.56. The zero-order valence-electron chi connectivity index (χ0n) is 12.1. The average Bonchev–Trinajstić information content (AvgIpc) is 2.82. The Bertz CT molecular complexity index is 421. The maximum absolute atomic E-state index is 9.70. The van der Waals surface area contributed by atoms with Crippen molar-refractivity contribution in [3.05, 3.63) is 23.8 Å². The van der Waals surface area contributed by atoms with Crippen molar-refractivity contribution in [3.63, 3.8) is 0 Å². The summed E-state index contributed by atoms with van der Waals surface area (Å²) >= 11 is 0. The van der Waals surface area contributed by atoms with Crippen LogP contribution < -0.4 is 4.74 Å². The Balaban J connectivity index is 1.98. The van der Waals surface area contributed by atoms with Gasteiger partial charge >= 0.3 is 0 Å². The number of nitrogens with zero attached hydrogens (tertiary/aromatic N) is 2. The van der Waals surface area contributed by atoms with Crippen LogP contribution >= 0.6 is 0 Å². The van der Waals surface area contributed by atoms with Gasteiger partial charge in [-0.15, -0.1) is 0 Å². The summed E-state index contributed by atoms with van der Waals surface area (Å²) in [5, 5.41) is 9.70. The number of phenols is 1. The minimum atomic E-state index is 0.221. The van der Waals surface area contributed by atoms with Gasteiger partial charge in [0.2, 0.25) is 0 Å². The molecule has 1 aromatic carbocycles. The van der Waals surface area contributed by atoms with E-state index in [4.69, 9.17) is 4.74 Å². The molecule has 4 nitrogen and oxygen atoms in total. The Labute approximate surface area is 115 Å². The molecule has 1 saturated heterocycles. The number of likely N-dealkylation sites (N-methyl/N-ethyl adjacent to an activating group) is 1. The first-order valence-electron chi connectivity index (χ1n) is 6.93. The number of benzene rings is 1. The molecule has 0 radical (unpaired) electrons. The van der Waals surface area contributed by atoms with Crippen molar-refractivity contribution < 1.29 is 9.84 Å². The predicted octanol–water partition coefficient (Wildman–Crippen LogP) is 1.93. The van der Waals surface area contributed by atoms with Gasteiger partial charge in [0.05, 0.1) is 6.61 Å². The van der Waals surface area contributed by atoms with Crippen LogP contribution in [0.5, 0.6) is 11.5 Å². The number of phenolic OH excluding ortho intramolecular Hbond substituents is 1. The highest BCUT2D eigenvalue weighted by atomic mass is 16.5. The lowest BCUT2D eigenvalue weighted by molar-refractivity contribution is 0.264. The molecule has 1 aromatic rings. The monoisotopic (exact) mass is 264 g/mol. The normalized spacial score (nSPS) is 20.1. The smallest absolute Gasteiger partial charge is 0.161 e. The first-order valence-corrected chi connectivity index (χ1v) is 6.93. The molecule has 4 heteroatoms. The van der Waals surface area contributed by atoms with Crippen molar-refractivity contribution in [2.75, 3.05) is 33.8 Å². The SMILES string of the molecule is CCOc1cc(CN2CCC(N(C)C)C2)ccc1O. The van der Waals surface area contributed by atoms with Crippen LogP contribution in [0.25, 0.3) is 0 Å². The third-order valence-corrected chi connectivity index (χ3v) is 3.71. The zero-order chi connectivity index (χ0) is 13.8. The van der Waals surface area contributed by atoms with Gasteiger partial charge < -0.3 is 14.7 Å². The summed E-state index contributed by atoms with van der Waals surface area (Å²) in [5.74, 6) is 0.807. The van der Waals surface area contributed by atoms with Crippen LogP contribution in [-0.2, 0) is 6.54 Å². The second-order valence-corrected chi connectivity index (χ2v) is 5.38. The first-order chi connectivity index (χ1) is 9.10. The highest BCUT2D eigenvalue weighted by Gasteiger charge is 2.23. The lowest BCUT2D eigenvalue weighted by Gasteiger charge is -2.20. The molecule has 0 amide bonds. The topological polar surface area (TPSA) is 35.9 Å². The molecule has 1 aliphatic heterocycles. The number of ether oxygens (including phenoxy) is 1. The standard InChI is InChI=1S/C15H24N2O2/c1-4-19-15-9-12(5-6-14(15)18)10-17-8-7-13(11-17)16(2)3/h5-6,9,13,18H,4,7-8,10-11H2,1-3H3. The van der Waals surface area contributed by atoms with E-state index < -0.39 is 0 Å². The molecule has 0 aromatic heterocycles. The molecule has 2 rings (SSSR count). The molecule has 0 bridgehead atoms. The van der Waals surface area contributed by atoms with E-state index in [1.807, 2.05) is 19.1 Å². The quantitative estimate of drug-likeness (QED) is 0.881. The van der Waals surface area contributed by atoms with Crippen LogP contribution in [0.1, 0.15) is 18.9 Å². The fraction of sp³-hybridized carbons (Fsp3) is 0.600. The van der Waals surface area contributed by atoms with Crippen molar-refractivity contribution in [2.45, 2.75) is 25.9 Å². The number of hydrogen-bond donors (Lipinski definition) is 1. The van der Waals surface area contributed by atoms with E-state index in [9.17, 15) is 5.11 Å². The van der Waals surface area contributed by atoms with Gasteiger partial charge in [-0.25, -0.2) is 0 Å². The van der Waals surface area contributed by atoms with Gasteiger partial charge in [-0.3, -0.25) is 4.90 Å². The fourth-order valence-corrected chi connectivity index (χ4v) is 2.56. The predicted molar refractivity (Wildman–Crippen MR) is 76.6 cm³/mol. The summed E-state index contributed by atoms with van der Waals surface area (Å²) in [7, 11) is 4.28. The van der Waals surface area contributed by atoms with E-state index >= 15 is 0 Å². The van der Waals surface area contributed by atoms with Crippen LogP contribution in [0.3, 0.4) is 0 Å². The van der Waals surface area contributed by atoms with Crippen molar-refractivity contribution in [1.29, 1.82) is 0 Å². The summed E-state index contributed by atoms with van der Waals surface area (Å²) in [6, 6.07) is 6.30. The Morgan fingerprint density at radius 3 is 2.84 bits per heavy atom. The molecule has 0 spiro atoms. The molecule has 1 unspecified atom stereocenters. The van der Waals surface area contributed by atoms with Gasteiger partial charge in [0.15, 0.2) is 11.5 Å². The van der Waals surface area contributed by atoms with Crippen molar-refractivity contribution >= 4 is 0 Å². The maximum Gasteiger partial charge on any atom is 0.161 e. The average molecular weight is 264 g/mol. The van der Waals surface area contributed by atoms with Crippen LogP contribution in [0.2, 0.25) is 0 Å². The van der Waals surface area contributed by atoms with E-state index in [2.05, 4.69) is 23.9 Å². The zero-order valence-corrected chi connectivity index (χ0v) is 12.1. The van der Waals surface area contributed by atoms with Crippen molar-refractivity contribution in [1.82, 2.24) is 9.80 Å². The van der Waals surface area contributed by atoms with Gasteiger partial charge in [-0.05, 0) is 45.1 Å². The Morgan fingerprint density at radius 1 is 1.42 bits per heavy atom. The molecule has 19 heavy (non-hydrogen) atoms. The summed E-state index contributed by atoms with van der Waals surface area (Å²) in [6.45, 7) is 5.66. The Hall–Kier alpha value is -1.26. The number of likely N-dealkylation sites (tertiary alicyclic amines) is 1. The largest absolute Gasteiger partial charge is 0.504 e. The van der Waals surface area contributed by atoms with Crippen LogP contribution in [-0.4, -0.2) is 54.7 Å². The minimum absolute atomic E-state index is 0.221. The molecule has 1 heterocycles. The van der Waals surface area contributed by atoms with E-state index in [1.165, 1.54) is 12.0 Å². The Kier molecular flexibility index (Phi) is 4.66. The third kappa shape index (κ3) is 3.61. The molecule has 0 aliphatic carbocycles. The second-order valence-electron chi connectivity index (χ2n) is 5.38. The minimum Gasteiger partial charge on any atom is -0.504 e. The third-order valence-electron chi connectivity index (χ3n) is 3.71. The van der Waals surface area contributed by atoms with E-state index in [-0.39, 0.29) is 5.75 Å². The summed E-state index contributed by atoms with van der Waals surface area (Å²) in [6.07, 6.45) is 1.23. The van der Waals surface area contributed by atoms with Gasteiger partial charge in [0.25, 0.3) is 0 Å². The van der Waals surface area contributed by atoms with Gasteiger partial charge in [-0.1, -0.05) is 6.07 Å². The van der Waals surface area contributed by atoms with Crippen molar-refractivity contribution in [2.24, 2.45) is 0 Å². The van der Waals surface area contributed by atoms with E-state index in [1.54, 1.807) is 6.07 Å². The summed E-state index contributed by atoms with van der Waals surface area (Å²) in [4.78, 5) is 4.75. The first kappa shape index (κ1) is 14.2. The summed E-state index contributed by atoms with van der Waals surface area (Å²) in [5.41, 5.74) is 1.20. The number of rotatable bonds is 5. The lowest BCUT2D eigenvalue weighted by Crippen LogP contribution is -2.31. The molecule has 106 valence electrons. The molecule has 0 saturated carbocycles. The van der Waals surface area contributed by atoms with Gasteiger partial charge in [-0.2, -0.15) is 0 Å². The highest BCUT2D eigenvalue weighted by Crippen LogP contribution is 2.28. The molecular formula is C15H24N2O2. The van der Waals surface area contributed by atoms with E-state index in [0.29, 0.717) is 18.4 Å². The second kappa shape index (κ2) is 6.26. The maximum atomic E-state index is 9.70.